The lowest BCUT2D eigenvalue weighted by atomic mass is 9.79. The summed E-state index contributed by atoms with van der Waals surface area (Å²) in [5.41, 5.74) is 0.119. The number of halogens is 1. The van der Waals surface area contributed by atoms with Crippen LogP contribution in [0.2, 0.25) is 5.28 Å². The molecule has 0 aliphatic heterocycles. The number of nitrogens with one attached hydrogen (secondary N) is 2. The fraction of sp³-hybridized carbons (Fsp3) is 0.700. The lowest BCUT2D eigenvalue weighted by Crippen LogP contribution is -2.42. The first-order valence-electron chi connectivity index (χ1n) is 5.55. The predicted molar refractivity (Wildman–Crippen MR) is 64.9 cm³/mol. The Balaban J connectivity index is 2.13. The number of aromatic nitrogens is 3. The molecule has 0 atom stereocenters. The van der Waals surface area contributed by atoms with Crippen LogP contribution in [0.25, 0.3) is 0 Å². The first-order chi connectivity index (χ1) is 7.61. The van der Waals surface area contributed by atoms with Crippen LogP contribution in [0.4, 0.5) is 11.9 Å². The van der Waals surface area contributed by atoms with Crippen molar-refractivity contribution in [3.63, 3.8) is 0 Å². The summed E-state index contributed by atoms with van der Waals surface area (Å²) in [5.74, 6) is 1.08. The van der Waals surface area contributed by atoms with E-state index in [1.54, 1.807) is 0 Å². The van der Waals surface area contributed by atoms with Gasteiger partial charge in [-0.05, 0) is 44.7 Å². The summed E-state index contributed by atoms with van der Waals surface area (Å²) in [6.07, 6.45) is 3.54. The number of rotatable bonds is 4. The minimum absolute atomic E-state index is 0.119. The van der Waals surface area contributed by atoms with Gasteiger partial charge in [0.05, 0.1) is 0 Å². The average Bonchev–Trinajstić information content (AvgIpc) is 2.14. The Labute approximate surface area is 100 Å². The molecule has 88 valence electrons. The SMILES string of the molecule is CCNc1nc(Cl)nc(NC2(C)CCC2)n1. The van der Waals surface area contributed by atoms with Gasteiger partial charge in [-0.1, -0.05) is 0 Å². The van der Waals surface area contributed by atoms with Crippen LogP contribution in [-0.2, 0) is 0 Å². The summed E-state index contributed by atoms with van der Waals surface area (Å²) in [6.45, 7) is 4.91. The molecule has 1 aromatic heterocycles. The van der Waals surface area contributed by atoms with E-state index < -0.39 is 0 Å². The Hall–Kier alpha value is -1.10. The van der Waals surface area contributed by atoms with Gasteiger partial charge in [0.25, 0.3) is 0 Å². The van der Waals surface area contributed by atoms with Crippen molar-refractivity contribution in [2.24, 2.45) is 0 Å². The van der Waals surface area contributed by atoms with E-state index in [1.165, 1.54) is 6.42 Å². The van der Waals surface area contributed by atoms with Crippen molar-refractivity contribution in [2.75, 3.05) is 17.2 Å². The fourth-order valence-electron chi connectivity index (χ4n) is 1.75. The zero-order chi connectivity index (χ0) is 11.6. The third kappa shape index (κ3) is 2.52. The molecule has 0 spiro atoms. The Morgan fingerprint density at radius 1 is 1.25 bits per heavy atom. The molecule has 1 aliphatic rings. The van der Waals surface area contributed by atoms with E-state index >= 15 is 0 Å². The van der Waals surface area contributed by atoms with Crippen LogP contribution >= 0.6 is 11.6 Å². The highest BCUT2D eigenvalue weighted by Gasteiger charge is 2.32. The molecule has 6 heteroatoms. The molecular formula is C10H16ClN5. The number of nitrogens with zero attached hydrogens (tertiary/aromatic N) is 3. The summed E-state index contributed by atoms with van der Waals surface area (Å²) in [4.78, 5) is 12.3. The first-order valence-corrected chi connectivity index (χ1v) is 5.93. The second-order valence-corrected chi connectivity index (χ2v) is 4.66. The van der Waals surface area contributed by atoms with Crippen molar-refractivity contribution in [1.29, 1.82) is 0 Å². The average molecular weight is 242 g/mol. The smallest absolute Gasteiger partial charge is 0.229 e. The second kappa shape index (κ2) is 4.41. The van der Waals surface area contributed by atoms with Gasteiger partial charge in [0, 0.05) is 12.1 Å². The highest BCUT2D eigenvalue weighted by Crippen LogP contribution is 2.33. The summed E-state index contributed by atoms with van der Waals surface area (Å²) in [5, 5.41) is 6.55. The third-order valence-electron chi connectivity index (χ3n) is 2.81. The lowest BCUT2D eigenvalue weighted by Gasteiger charge is -2.39. The van der Waals surface area contributed by atoms with Gasteiger partial charge in [-0.25, -0.2) is 0 Å². The third-order valence-corrected chi connectivity index (χ3v) is 2.98. The number of anilines is 2. The molecule has 2 N–H and O–H groups in total. The van der Waals surface area contributed by atoms with E-state index in [2.05, 4.69) is 32.5 Å². The highest BCUT2D eigenvalue weighted by molar-refractivity contribution is 6.28. The van der Waals surface area contributed by atoms with E-state index in [1.807, 2.05) is 6.92 Å². The molecule has 1 saturated carbocycles. The highest BCUT2D eigenvalue weighted by atomic mass is 35.5. The predicted octanol–water partition coefficient (Wildman–Crippen LogP) is 2.31. The molecule has 5 nitrogen and oxygen atoms in total. The molecule has 0 radical (unpaired) electrons. The maximum absolute atomic E-state index is 5.83. The van der Waals surface area contributed by atoms with Crippen molar-refractivity contribution in [3.8, 4) is 0 Å². The minimum Gasteiger partial charge on any atom is -0.354 e. The zero-order valence-corrected chi connectivity index (χ0v) is 10.3. The van der Waals surface area contributed by atoms with E-state index in [-0.39, 0.29) is 10.8 Å². The quantitative estimate of drug-likeness (QED) is 0.847. The molecule has 2 rings (SSSR count). The molecule has 0 unspecified atom stereocenters. The lowest BCUT2D eigenvalue weighted by molar-refractivity contribution is 0.304. The van der Waals surface area contributed by atoms with Gasteiger partial charge in [0.15, 0.2) is 0 Å². The van der Waals surface area contributed by atoms with Crippen LogP contribution in [0.15, 0.2) is 0 Å². The van der Waals surface area contributed by atoms with Gasteiger partial charge in [0.1, 0.15) is 0 Å². The summed E-state index contributed by atoms with van der Waals surface area (Å²) >= 11 is 5.83. The molecule has 1 fully saturated rings. The van der Waals surface area contributed by atoms with Crippen LogP contribution in [-0.4, -0.2) is 27.0 Å². The van der Waals surface area contributed by atoms with Crippen LogP contribution in [0.3, 0.4) is 0 Å². The topological polar surface area (TPSA) is 62.7 Å². The Bertz CT molecular complexity index is 377. The minimum atomic E-state index is 0.119. The van der Waals surface area contributed by atoms with Crippen LogP contribution in [0, 0.1) is 0 Å². The number of hydrogen-bond donors (Lipinski definition) is 2. The standard InChI is InChI=1S/C10H16ClN5/c1-3-12-8-13-7(11)14-9(15-8)16-10(2)5-4-6-10/h3-6H2,1-2H3,(H2,12,13,14,15,16). The van der Waals surface area contributed by atoms with Crippen molar-refractivity contribution >= 4 is 23.5 Å². The van der Waals surface area contributed by atoms with Crippen molar-refractivity contribution in [3.05, 3.63) is 5.28 Å². The maximum atomic E-state index is 5.83. The second-order valence-electron chi connectivity index (χ2n) is 4.32. The molecule has 1 aliphatic carbocycles. The van der Waals surface area contributed by atoms with Gasteiger partial charge in [-0.3, -0.25) is 0 Å². The molecule has 0 amide bonds. The maximum Gasteiger partial charge on any atom is 0.229 e. The van der Waals surface area contributed by atoms with Gasteiger partial charge in [0.2, 0.25) is 17.2 Å². The van der Waals surface area contributed by atoms with E-state index in [4.69, 9.17) is 11.6 Å². The van der Waals surface area contributed by atoms with E-state index in [9.17, 15) is 0 Å². The Morgan fingerprint density at radius 3 is 2.50 bits per heavy atom. The molecular weight excluding hydrogens is 226 g/mol. The first kappa shape index (κ1) is 11.4. The van der Waals surface area contributed by atoms with Crippen LogP contribution < -0.4 is 10.6 Å². The largest absolute Gasteiger partial charge is 0.354 e. The van der Waals surface area contributed by atoms with E-state index in [0.717, 1.165) is 19.4 Å². The fourth-order valence-corrected chi connectivity index (χ4v) is 1.91. The molecule has 16 heavy (non-hydrogen) atoms. The van der Waals surface area contributed by atoms with Crippen LogP contribution in [0.1, 0.15) is 33.1 Å². The van der Waals surface area contributed by atoms with Gasteiger partial charge in [-0.15, -0.1) is 0 Å². The normalized spacial score (nSPS) is 17.7. The molecule has 0 bridgehead atoms. The van der Waals surface area contributed by atoms with Crippen molar-refractivity contribution in [1.82, 2.24) is 15.0 Å². The Morgan fingerprint density at radius 2 is 1.94 bits per heavy atom. The van der Waals surface area contributed by atoms with Gasteiger partial charge >= 0.3 is 0 Å². The Kier molecular flexibility index (Phi) is 3.14. The molecule has 1 aromatic rings. The van der Waals surface area contributed by atoms with E-state index in [0.29, 0.717) is 11.9 Å². The molecule has 1 heterocycles. The van der Waals surface area contributed by atoms with Gasteiger partial charge < -0.3 is 10.6 Å². The summed E-state index contributed by atoms with van der Waals surface area (Å²) < 4.78 is 0. The number of hydrogen-bond acceptors (Lipinski definition) is 5. The van der Waals surface area contributed by atoms with Crippen molar-refractivity contribution < 1.29 is 0 Å². The zero-order valence-electron chi connectivity index (χ0n) is 9.55. The molecule has 0 saturated heterocycles. The monoisotopic (exact) mass is 241 g/mol. The summed E-state index contributed by atoms with van der Waals surface area (Å²) in [7, 11) is 0. The summed E-state index contributed by atoms with van der Waals surface area (Å²) in [6, 6.07) is 0. The van der Waals surface area contributed by atoms with Crippen LogP contribution in [0.5, 0.6) is 0 Å². The van der Waals surface area contributed by atoms with Crippen molar-refractivity contribution in [2.45, 2.75) is 38.6 Å². The van der Waals surface area contributed by atoms with Gasteiger partial charge in [-0.2, -0.15) is 15.0 Å². The molecule has 0 aromatic carbocycles.